The number of likely N-dealkylation sites (tertiary alicyclic amines) is 1. The molecule has 0 aliphatic carbocycles. The van der Waals surface area contributed by atoms with Gasteiger partial charge in [0.15, 0.2) is 0 Å². The highest BCUT2D eigenvalue weighted by Gasteiger charge is 2.51. The van der Waals surface area contributed by atoms with Gasteiger partial charge in [0.05, 0.1) is 19.7 Å². The van der Waals surface area contributed by atoms with E-state index < -0.39 is 0 Å². The van der Waals surface area contributed by atoms with Crippen LogP contribution in [0.1, 0.15) is 19.8 Å². The van der Waals surface area contributed by atoms with E-state index in [1.807, 2.05) is 23.8 Å². The van der Waals surface area contributed by atoms with Crippen LogP contribution in [0.5, 0.6) is 0 Å². The predicted octanol–water partition coefficient (Wildman–Crippen LogP) is -0.214. The van der Waals surface area contributed by atoms with Gasteiger partial charge in [-0.25, -0.2) is 0 Å². The number of ether oxygens (including phenoxy) is 1. The van der Waals surface area contributed by atoms with Crippen molar-refractivity contribution < 1.29 is 14.3 Å². The fourth-order valence-electron chi connectivity index (χ4n) is 2.94. The van der Waals surface area contributed by atoms with Crippen molar-refractivity contribution in [3.05, 3.63) is 0 Å². The van der Waals surface area contributed by atoms with Gasteiger partial charge in [-0.2, -0.15) is 0 Å². The third kappa shape index (κ3) is 2.81. The van der Waals surface area contributed by atoms with Crippen LogP contribution in [0.25, 0.3) is 0 Å². The molecule has 2 rings (SSSR count). The van der Waals surface area contributed by atoms with Crippen molar-refractivity contribution in [2.45, 2.75) is 31.4 Å². The molecule has 2 saturated heterocycles. The summed E-state index contributed by atoms with van der Waals surface area (Å²) in [4.78, 5) is 29.3. The van der Waals surface area contributed by atoms with Gasteiger partial charge in [0.25, 0.3) is 0 Å². The van der Waals surface area contributed by atoms with E-state index in [2.05, 4.69) is 0 Å². The topological polar surface area (TPSA) is 53.1 Å². The second kappa shape index (κ2) is 5.69. The summed E-state index contributed by atoms with van der Waals surface area (Å²) >= 11 is 0. The third-order valence-corrected chi connectivity index (χ3v) is 4.12. The smallest absolute Gasteiger partial charge is 0.241 e. The molecular weight excluding hydrogens is 258 g/mol. The number of carbonyl (C=O) groups is 2. The van der Waals surface area contributed by atoms with Gasteiger partial charge in [-0.15, -0.1) is 0 Å². The summed E-state index contributed by atoms with van der Waals surface area (Å²) in [5.74, 6) is 0.274. The summed E-state index contributed by atoms with van der Waals surface area (Å²) in [6.07, 6.45) is 1.48. The quantitative estimate of drug-likeness (QED) is 0.719. The Morgan fingerprint density at radius 3 is 2.45 bits per heavy atom. The Hall–Kier alpha value is -1.14. The van der Waals surface area contributed by atoms with Crippen molar-refractivity contribution in [3.8, 4) is 0 Å². The molecule has 1 spiro atoms. The Morgan fingerprint density at radius 1 is 1.30 bits per heavy atom. The molecule has 1 atom stereocenters. The molecule has 2 aliphatic heterocycles. The second-order valence-corrected chi connectivity index (χ2v) is 6.16. The molecule has 114 valence electrons. The third-order valence-electron chi connectivity index (χ3n) is 4.12. The van der Waals surface area contributed by atoms with Crippen LogP contribution >= 0.6 is 0 Å². The summed E-state index contributed by atoms with van der Waals surface area (Å²) in [7, 11) is 5.47. The molecule has 0 aromatic rings. The lowest BCUT2D eigenvalue weighted by molar-refractivity contribution is -0.202. The molecule has 0 unspecified atom stereocenters. The molecule has 2 fully saturated rings. The van der Waals surface area contributed by atoms with Crippen LogP contribution in [-0.2, 0) is 14.3 Å². The first-order chi connectivity index (χ1) is 9.38. The van der Waals surface area contributed by atoms with Gasteiger partial charge >= 0.3 is 0 Å². The van der Waals surface area contributed by atoms with Crippen molar-refractivity contribution in [1.82, 2.24) is 14.7 Å². The van der Waals surface area contributed by atoms with Crippen LogP contribution in [0, 0.1) is 0 Å². The summed E-state index contributed by atoms with van der Waals surface area (Å²) in [6, 6.07) is -0.212. The summed E-state index contributed by atoms with van der Waals surface area (Å²) < 4.78 is 5.93. The Morgan fingerprint density at radius 2 is 1.95 bits per heavy atom. The van der Waals surface area contributed by atoms with Crippen molar-refractivity contribution in [2.75, 3.05) is 47.4 Å². The van der Waals surface area contributed by atoms with E-state index in [9.17, 15) is 9.59 Å². The Bertz CT molecular complexity index is 391. The van der Waals surface area contributed by atoms with E-state index >= 15 is 0 Å². The molecule has 0 bridgehead atoms. The number of hydrogen-bond donors (Lipinski definition) is 0. The zero-order valence-electron chi connectivity index (χ0n) is 12.9. The minimum Gasteiger partial charge on any atom is -0.368 e. The average molecular weight is 283 g/mol. The summed E-state index contributed by atoms with van der Waals surface area (Å²) in [5.41, 5.74) is -0.263. The van der Waals surface area contributed by atoms with E-state index in [0.717, 1.165) is 6.42 Å². The minimum atomic E-state index is -0.263. The van der Waals surface area contributed by atoms with Crippen LogP contribution < -0.4 is 0 Å². The number of carbonyl (C=O) groups excluding carboxylic acids is 2. The first-order valence-corrected chi connectivity index (χ1v) is 7.22. The van der Waals surface area contributed by atoms with Crippen LogP contribution in [0.4, 0.5) is 0 Å². The molecule has 0 N–H and O–H groups in total. The zero-order valence-corrected chi connectivity index (χ0v) is 12.9. The van der Waals surface area contributed by atoms with E-state index in [1.54, 1.807) is 19.0 Å². The van der Waals surface area contributed by atoms with Crippen LogP contribution in [0.2, 0.25) is 0 Å². The fraction of sp³-hybridized carbons (Fsp3) is 0.857. The molecule has 0 aromatic heterocycles. The SMILES string of the molecule is CCCC(=O)N1CC2(C1)CN(C)[C@H](C(=O)N(C)C)CO2. The number of morpholine rings is 1. The monoisotopic (exact) mass is 283 g/mol. The molecule has 2 aliphatic rings. The Labute approximate surface area is 120 Å². The normalized spacial score (nSPS) is 25.4. The largest absolute Gasteiger partial charge is 0.368 e. The summed E-state index contributed by atoms with van der Waals surface area (Å²) in [6.45, 7) is 4.42. The number of nitrogens with zero attached hydrogens (tertiary/aromatic N) is 3. The molecule has 0 saturated carbocycles. The van der Waals surface area contributed by atoms with Gasteiger partial charge in [-0.1, -0.05) is 6.92 Å². The van der Waals surface area contributed by atoms with E-state index in [-0.39, 0.29) is 23.5 Å². The van der Waals surface area contributed by atoms with E-state index in [0.29, 0.717) is 32.7 Å². The van der Waals surface area contributed by atoms with Gasteiger partial charge in [-0.05, 0) is 13.5 Å². The van der Waals surface area contributed by atoms with Crippen LogP contribution in [0.15, 0.2) is 0 Å². The van der Waals surface area contributed by atoms with Gasteiger partial charge in [0.1, 0.15) is 11.6 Å². The lowest BCUT2D eigenvalue weighted by atomic mass is 9.90. The minimum absolute atomic E-state index is 0.0700. The highest BCUT2D eigenvalue weighted by molar-refractivity contribution is 5.81. The first kappa shape index (κ1) is 15.3. The van der Waals surface area contributed by atoms with Crippen molar-refractivity contribution in [3.63, 3.8) is 0 Å². The van der Waals surface area contributed by atoms with Crippen molar-refractivity contribution in [2.24, 2.45) is 0 Å². The molecule has 0 radical (unpaired) electrons. The van der Waals surface area contributed by atoms with Crippen LogP contribution in [-0.4, -0.2) is 85.5 Å². The molecular formula is C14H25N3O3. The van der Waals surface area contributed by atoms with Gasteiger partial charge in [0.2, 0.25) is 11.8 Å². The first-order valence-electron chi connectivity index (χ1n) is 7.22. The van der Waals surface area contributed by atoms with Crippen molar-refractivity contribution >= 4 is 11.8 Å². The van der Waals surface area contributed by atoms with Gasteiger partial charge < -0.3 is 14.5 Å². The number of hydrogen-bond acceptors (Lipinski definition) is 4. The Balaban J connectivity index is 1.88. The van der Waals surface area contributed by atoms with Gasteiger partial charge in [-0.3, -0.25) is 14.5 Å². The predicted molar refractivity (Wildman–Crippen MR) is 75.3 cm³/mol. The maximum atomic E-state index is 12.0. The molecule has 2 heterocycles. The highest BCUT2D eigenvalue weighted by atomic mass is 16.5. The van der Waals surface area contributed by atoms with Gasteiger partial charge in [0, 0.05) is 27.1 Å². The van der Waals surface area contributed by atoms with E-state index in [4.69, 9.17) is 4.74 Å². The molecule has 20 heavy (non-hydrogen) atoms. The number of rotatable bonds is 3. The second-order valence-electron chi connectivity index (χ2n) is 6.16. The lowest BCUT2D eigenvalue weighted by Gasteiger charge is -2.55. The standard InChI is InChI=1S/C14H25N3O3/c1-5-6-12(18)17-9-14(10-17)8-16(4)11(7-20-14)13(19)15(2)3/h11H,5-10H2,1-4H3/t11-/m0/s1. The summed E-state index contributed by atoms with van der Waals surface area (Å²) in [5, 5.41) is 0. The lowest BCUT2D eigenvalue weighted by Crippen LogP contribution is -2.73. The number of likely N-dealkylation sites (N-methyl/N-ethyl adjacent to an activating group) is 2. The molecule has 0 aromatic carbocycles. The number of amides is 2. The maximum absolute atomic E-state index is 12.0. The van der Waals surface area contributed by atoms with E-state index in [1.165, 1.54) is 0 Å². The molecule has 6 heteroatoms. The molecule has 6 nitrogen and oxygen atoms in total. The van der Waals surface area contributed by atoms with Crippen molar-refractivity contribution in [1.29, 1.82) is 0 Å². The Kier molecular flexibility index (Phi) is 4.34. The average Bonchev–Trinajstić information content (AvgIpc) is 2.35. The fourth-order valence-corrected chi connectivity index (χ4v) is 2.94. The maximum Gasteiger partial charge on any atom is 0.241 e. The molecule has 2 amide bonds. The van der Waals surface area contributed by atoms with Crippen LogP contribution in [0.3, 0.4) is 0 Å². The highest BCUT2D eigenvalue weighted by Crippen LogP contribution is 2.31. The zero-order chi connectivity index (χ0) is 14.9.